The Morgan fingerprint density at radius 3 is 1.70 bits per heavy atom. The predicted molar refractivity (Wildman–Crippen MR) is 70.6 cm³/mol. The van der Waals surface area contributed by atoms with Crippen LogP contribution in [0.15, 0.2) is 25.3 Å². The molecule has 0 saturated carbocycles. The molecule has 2 N–H and O–H groups in total. The zero-order valence-electron chi connectivity index (χ0n) is 11.4. The van der Waals surface area contributed by atoms with Crippen molar-refractivity contribution in [3.05, 3.63) is 25.3 Å². The van der Waals surface area contributed by atoms with E-state index in [0.29, 0.717) is 6.42 Å². The van der Waals surface area contributed by atoms with Crippen LogP contribution < -0.4 is 5.73 Å². The molecule has 0 spiro atoms. The lowest BCUT2D eigenvalue weighted by Gasteiger charge is -2.30. The minimum Gasteiger partial charge on any atom is -0.462 e. The smallest absolute Gasteiger partial charge is 0.404 e. The van der Waals surface area contributed by atoms with Crippen LogP contribution in [0.5, 0.6) is 0 Å². The molecule has 0 bridgehead atoms. The van der Waals surface area contributed by atoms with E-state index in [9.17, 15) is 14.4 Å². The highest BCUT2D eigenvalue weighted by Gasteiger charge is 2.33. The van der Waals surface area contributed by atoms with E-state index < -0.39 is 23.4 Å². The zero-order valence-corrected chi connectivity index (χ0v) is 11.4. The molecule has 0 heterocycles. The van der Waals surface area contributed by atoms with E-state index in [2.05, 4.69) is 13.2 Å². The van der Waals surface area contributed by atoms with Gasteiger partial charge in [-0.15, -0.1) is 0 Å². The number of ether oxygens (including phenoxy) is 3. The molecule has 0 atom stereocenters. The fourth-order valence-corrected chi connectivity index (χ4v) is 1.22. The van der Waals surface area contributed by atoms with Crippen LogP contribution >= 0.6 is 0 Å². The van der Waals surface area contributed by atoms with Crippen molar-refractivity contribution in [1.82, 2.24) is 0 Å². The van der Waals surface area contributed by atoms with E-state index in [1.807, 2.05) is 0 Å². The van der Waals surface area contributed by atoms with Gasteiger partial charge in [0.15, 0.2) is 0 Å². The van der Waals surface area contributed by atoms with E-state index in [1.165, 1.54) is 0 Å². The lowest BCUT2D eigenvalue weighted by atomic mass is 9.88. The monoisotopic (exact) mass is 285 g/mol. The largest absolute Gasteiger partial charge is 0.462 e. The highest BCUT2D eigenvalue weighted by atomic mass is 16.6. The van der Waals surface area contributed by atoms with E-state index >= 15 is 0 Å². The van der Waals surface area contributed by atoms with Crippen LogP contribution in [0.2, 0.25) is 0 Å². The molecule has 0 aliphatic rings. The van der Waals surface area contributed by atoms with Gasteiger partial charge in [0, 0.05) is 12.2 Å². The number of primary amides is 1. The number of rotatable bonds is 9. The summed E-state index contributed by atoms with van der Waals surface area (Å²) in [6, 6.07) is 0. The number of hydrogen-bond acceptors (Lipinski definition) is 6. The summed E-state index contributed by atoms with van der Waals surface area (Å²) in [5.41, 5.74) is 4.04. The second kappa shape index (κ2) is 8.73. The molecule has 0 aromatic rings. The van der Waals surface area contributed by atoms with Gasteiger partial charge in [0.05, 0.1) is 5.41 Å². The second-order valence-corrected chi connectivity index (χ2v) is 4.08. The van der Waals surface area contributed by atoms with E-state index in [1.54, 1.807) is 6.92 Å². The summed E-state index contributed by atoms with van der Waals surface area (Å²) in [5, 5.41) is 0. The van der Waals surface area contributed by atoms with Crippen LogP contribution in [0.4, 0.5) is 4.79 Å². The van der Waals surface area contributed by atoms with Crippen molar-refractivity contribution in [3.8, 4) is 0 Å². The minimum atomic E-state index is -0.965. The maximum atomic E-state index is 11.1. The third-order valence-electron chi connectivity index (χ3n) is 2.65. The molecule has 112 valence electrons. The van der Waals surface area contributed by atoms with Gasteiger partial charge in [-0.2, -0.15) is 0 Å². The van der Waals surface area contributed by atoms with Crippen molar-refractivity contribution in [2.75, 3.05) is 19.8 Å². The Hall–Kier alpha value is -2.31. The van der Waals surface area contributed by atoms with Crippen LogP contribution in [0.1, 0.15) is 13.3 Å². The van der Waals surface area contributed by atoms with Crippen LogP contribution in [0.3, 0.4) is 0 Å². The molecule has 0 rings (SSSR count). The summed E-state index contributed by atoms with van der Waals surface area (Å²) in [4.78, 5) is 32.9. The molecule has 1 amide bonds. The van der Waals surface area contributed by atoms with Crippen molar-refractivity contribution in [3.63, 3.8) is 0 Å². The van der Waals surface area contributed by atoms with E-state index in [4.69, 9.17) is 19.9 Å². The van der Waals surface area contributed by atoms with Gasteiger partial charge in [0.1, 0.15) is 19.8 Å². The molecule has 20 heavy (non-hydrogen) atoms. The highest BCUT2D eigenvalue weighted by Crippen LogP contribution is 2.24. The second-order valence-electron chi connectivity index (χ2n) is 4.08. The molecule has 0 saturated heterocycles. The summed E-state index contributed by atoms with van der Waals surface area (Å²) >= 11 is 0. The minimum absolute atomic E-state index is 0.105. The lowest BCUT2D eigenvalue weighted by Crippen LogP contribution is -2.39. The normalized spacial score (nSPS) is 10.2. The van der Waals surface area contributed by atoms with Gasteiger partial charge in [-0.1, -0.05) is 20.1 Å². The summed E-state index contributed by atoms with van der Waals surface area (Å²) in [7, 11) is 0. The van der Waals surface area contributed by atoms with Crippen LogP contribution in [0, 0.1) is 5.41 Å². The van der Waals surface area contributed by atoms with Crippen molar-refractivity contribution in [1.29, 1.82) is 0 Å². The number of amides is 1. The predicted octanol–water partition coefficient (Wildman–Crippen LogP) is 0.936. The van der Waals surface area contributed by atoms with Gasteiger partial charge in [-0.05, 0) is 6.42 Å². The molecule has 0 fully saturated rings. The van der Waals surface area contributed by atoms with Crippen LogP contribution in [0.25, 0.3) is 0 Å². The molecule has 0 unspecified atom stereocenters. The molecule has 7 heteroatoms. The fraction of sp³-hybridized carbons (Fsp3) is 0.462. The average molecular weight is 285 g/mol. The van der Waals surface area contributed by atoms with Gasteiger partial charge in [0.2, 0.25) is 0 Å². The van der Waals surface area contributed by atoms with Gasteiger partial charge < -0.3 is 19.9 Å². The van der Waals surface area contributed by atoms with Gasteiger partial charge >= 0.3 is 18.0 Å². The number of nitrogens with two attached hydrogens (primary N) is 1. The number of carbonyl (C=O) groups excluding carboxylic acids is 3. The topological polar surface area (TPSA) is 105 Å². The van der Waals surface area contributed by atoms with E-state index in [-0.39, 0.29) is 19.8 Å². The van der Waals surface area contributed by atoms with Crippen molar-refractivity contribution < 1.29 is 28.6 Å². The van der Waals surface area contributed by atoms with Crippen molar-refractivity contribution in [2.24, 2.45) is 11.1 Å². The Balaban J connectivity index is 4.79. The first kappa shape index (κ1) is 17.7. The maximum absolute atomic E-state index is 11.1. The first-order chi connectivity index (χ1) is 9.39. The first-order valence-electron chi connectivity index (χ1n) is 5.89. The first-order valence-corrected chi connectivity index (χ1v) is 5.89. The molecule has 0 aromatic heterocycles. The zero-order chi connectivity index (χ0) is 15.6. The number of hydrogen-bond donors (Lipinski definition) is 1. The Bertz CT molecular complexity index is 366. The molecule has 0 radical (unpaired) electrons. The average Bonchev–Trinajstić information content (AvgIpc) is 2.46. The maximum Gasteiger partial charge on any atom is 0.404 e. The Kier molecular flexibility index (Phi) is 7.72. The fourth-order valence-electron chi connectivity index (χ4n) is 1.22. The Labute approximate surface area is 117 Å². The summed E-state index contributed by atoms with van der Waals surface area (Å²) in [6.45, 7) is 7.96. The summed E-state index contributed by atoms with van der Waals surface area (Å²) < 4.78 is 14.6. The van der Waals surface area contributed by atoms with Crippen molar-refractivity contribution >= 4 is 18.0 Å². The SMILES string of the molecule is C=CC(=O)OCC(CC)(COC(N)=O)COC(=O)C=C. The van der Waals surface area contributed by atoms with Gasteiger partial charge in [-0.3, -0.25) is 0 Å². The molecule has 0 aliphatic carbocycles. The number of esters is 2. The van der Waals surface area contributed by atoms with Crippen LogP contribution in [-0.2, 0) is 23.8 Å². The standard InChI is InChI=1S/C13H19NO6/c1-4-10(15)18-7-13(6-3,9-20-12(14)17)8-19-11(16)5-2/h4-5H,1-2,6-9H2,3H3,(H2,14,17). The Morgan fingerprint density at radius 1 is 1.00 bits per heavy atom. The third-order valence-corrected chi connectivity index (χ3v) is 2.65. The van der Waals surface area contributed by atoms with Gasteiger partial charge in [-0.25, -0.2) is 14.4 Å². The third kappa shape index (κ3) is 6.58. The van der Waals surface area contributed by atoms with Crippen molar-refractivity contribution in [2.45, 2.75) is 13.3 Å². The molecule has 7 nitrogen and oxygen atoms in total. The van der Waals surface area contributed by atoms with Gasteiger partial charge in [0.25, 0.3) is 0 Å². The molecular weight excluding hydrogens is 266 g/mol. The Morgan fingerprint density at radius 2 is 1.40 bits per heavy atom. The van der Waals surface area contributed by atoms with Crippen LogP contribution in [-0.4, -0.2) is 37.9 Å². The summed E-state index contributed by atoms with van der Waals surface area (Å²) in [5.74, 6) is -1.26. The molecule has 0 aliphatic heterocycles. The highest BCUT2D eigenvalue weighted by molar-refractivity contribution is 5.81. The quantitative estimate of drug-likeness (QED) is 0.384. The molecular formula is C13H19NO6. The molecule has 0 aromatic carbocycles. The number of carbonyl (C=O) groups is 3. The summed E-state index contributed by atoms with van der Waals surface area (Å²) in [6.07, 6.45) is 1.47. The lowest BCUT2D eigenvalue weighted by molar-refractivity contribution is -0.150. The van der Waals surface area contributed by atoms with E-state index in [0.717, 1.165) is 12.2 Å².